The molecule has 0 bridgehead atoms. The van der Waals surface area contributed by atoms with Crippen LogP contribution in [0.2, 0.25) is 0 Å². The molecule has 1 aromatic carbocycles. The third-order valence-electron chi connectivity index (χ3n) is 4.28. The number of thiophene rings is 1. The van der Waals surface area contributed by atoms with Gasteiger partial charge in [-0.25, -0.2) is 14.5 Å². The van der Waals surface area contributed by atoms with Gasteiger partial charge in [-0.2, -0.15) is 5.10 Å². The maximum atomic E-state index is 12.8. The van der Waals surface area contributed by atoms with Crippen LogP contribution in [0.5, 0.6) is 0 Å². The summed E-state index contributed by atoms with van der Waals surface area (Å²) in [4.78, 5) is 41.5. The Bertz CT molecular complexity index is 1280. The number of carbonyl (C=O) groups is 2. The van der Waals surface area contributed by atoms with Crippen LogP contribution in [0.4, 0.5) is 5.00 Å². The van der Waals surface area contributed by atoms with Gasteiger partial charge in [-0.1, -0.05) is 18.2 Å². The van der Waals surface area contributed by atoms with Gasteiger partial charge >= 0.3 is 5.97 Å². The van der Waals surface area contributed by atoms with Crippen molar-refractivity contribution in [3.63, 3.8) is 0 Å². The Kier molecular flexibility index (Phi) is 5.40. The van der Waals surface area contributed by atoms with E-state index in [1.165, 1.54) is 28.4 Å². The number of nitrogens with one attached hydrogen (secondary N) is 1. The Labute approximate surface area is 174 Å². The molecule has 0 aliphatic carbocycles. The second kappa shape index (κ2) is 8.29. The van der Waals surface area contributed by atoms with E-state index in [1.54, 1.807) is 23.1 Å². The van der Waals surface area contributed by atoms with Crippen molar-refractivity contribution >= 4 is 39.2 Å². The summed E-state index contributed by atoms with van der Waals surface area (Å²) in [6.45, 7) is 1.69. The van der Waals surface area contributed by atoms with E-state index in [9.17, 15) is 14.4 Å². The number of para-hydroxylation sites is 1. The van der Waals surface area contributed by atoms with Crippen molar-refractivity contribution in [3.05, 3.63) is 70.2 Å². The van der Waals surface area contributed by atoms with Gasteiger partial charge in [0.15, 0.2) is 5.65 Å². The van der Waals surface area contributed by atoms with Gasteiger partial charge in [-0.05, 0) is 30.5 Å². The molecule has 0 aliphatic heterocycles. The number of rotatable bonds is 6. The van der Waals surface area contributed by atoms with Crippen LogP contribution in [0.15, 0.2) is 59.1 Å². The highest BCUT2D eigenvalue weighted by Crippen LogP contribution is 2.24. The molecule has 0 atom stereocenters. The van der Waals surface area contributed by atoms with Crippen molar-refractivity contribution in [1.29, 1.82) is 0 Å². The number of fused-ring (bicyclic) bond motifs is 1. The van der Waals surface area contributed by atoms with Gasteiger partial charge in [0.05, 0.1) is 24.1 Å². The monoisotopic (exact) mass is 423 g/mol. The summed E-state index contributed by atoms with van der Waals surface area (Å²) in [5.41, 5.74) is 1.08. The van der Waals surface area contributed by atoms with E-state index >= 15 is 0 Å². The molecule has 3 aromatic heterocycles. The molecule has 3 heterocycles. The molecule has 0 spiro atoms. The van der Waals surface area contributed by atoms with Gasteiger partial charge in [0.2, 0.25) is 5.91 Å². The molecule has 0 unspecified atom stereocenters. The lowest BCUT2D eigenvalue weighted by atomic mass is 10.3. The molecule has 9 nitrogen and oxygen atoms in total. The van der Waals surface area contributed by atoms with Gasteiger partial charge in [0, 0.05) is 0 Å². The first-order chi connectivity index (χ1) is 14.6. The highest BCUT2D eigenvalue weighted by Gasteiger charge is 2.17. The van der Waals surface area contributed by atoms with E-state index in [0.29, 0.717) is 16.0 Å². The van der Waals surface area contributed by atoms with Crippen LogP contribution in [0.3, 0.4) is 0 Å². The number of amides is 1. The zero-order valence-corrected chi connectivity index (χ0v) is 16.8. The SMILES string of the molecule is CCOC(=O)c1ccsc1NC(=O)Cn1cnc2c(cnn2-c2ccccc2)c1=O. The normalized spacial score (nSPS) is 10.8. The quantitative estimate of drug-likeness (QED) is 0.477. The van der Waals surface area contributed by atoms with Gasteiger partial charge in [-0.15, -0.1) is 11.3 Å². The van der Waals surface area contributed by atoms with Gasteiger partial charge < -0.3 is 10.1 Å². The van der Waals surface area contributed by atoms with Crippen LogP contribution in [-0.2, 0) is 16.1 Å². The molecule has 1 amide bonds. The second-order valence-electron chi connectivity index (χ2n) is 6.24. The van der Waals surface area contributed by atoms with Crippen LogP contribution in [0.1, 0.15) is 17.3 Å². The van der Waals surface area contributed by atoms with E-state index in [0.717, 1.165) is 5.69 Å². The molecular weight excluding hydrogens is 406 g/mol. The standard InChI is InChI=1S/C20H17N5O4S/c1-2-29-20(28)14-8-9-30-18(14)23-16(26)11-24-12-21-17-15(19(24)27)10-22-25(17)13-6-4-3-5-7-13/h3-10,12H,2,11H2,1H3,(H,23,26). The topological polar surface area (TPSA) is 108 Å². The summed E-state index contributed by atoms with van der Waals surface area (Å²) in [5.74, 6) is -0.968. The molecule has 30 heavy (non-hydrogen) atoms. The fraction of sp³-hybridized carbons (Fsp3) is 0.150. The zero-order valence-electron chi connectivity index (χ0n) is 15.9. The first-order valence-corrected chi connectivity index (χ1v) is 9.99. The zero-order chi connectivity index (χ0) is 21.1. The number of aromatic nitrogens is 4. The molecule has 1 N–H and O–H groups in total. The van der Waals surface area contributed by atoms with Crippen LogP contribution in [-0.4, -0.2) is 37.8 Å². The lowest BCUT2D eigenvalue weighted by Crippen LogP contribution is -2.28. The molecule has 0 aliphatic rings. The lowest BCUT2D eigenvalue weighted by Gasteiger charge is -2.08. The highest BCUT2D eigenvalue weighted by atomic mass is 32.1. The largest absolute Gasteiger partial charge is 0.462 e. The minimum absolute atomic E-state index is 0.236. The number of esters is 1. The van der Waals surface area contributed by atoms with Crippen molar-refractivity contribution in [2.75, 3.05) is 11.9 Å². The van der Waals surface area contributed by atoms with E-state index in [1.807, 2.05) is 30.3 Å². The summed E-state index contributed by atoms with van der Waals surface area (Å²) < 4.78 is 7.74. The van der Waals surface area contributed by atoms with Crippen LogP contribution < -0.4 is 10.9 Å². The predicted octanol–water partition coefficient (Wildman–Crippen LogP) is 2.46. The van der Waals surface area contributed by atoms with E-state index in [4.69, 9.17) is 4.74 Å². The molecule has 0 saturated heterocycles. The maximum absolute atomic E-state index is 12.8. The van der Waals surface area contributed by atoms with E-state index in [-0.39, 0.29) is 24.3 Å². The number of ether oxygens (including phenoxy) is 1. The average Bonchev–Trinajstić information content (AvgIpc) is 3.38. The Morgan fingerprint density at radius 3 is 2.77 bits per heavy atom. The summed E-state index contributed by atoms with van der Waals surface area (Å²) in [6, 6.07) is 10.9. The third kappa shape index (κ3) is 3.72. The third-order valence-corrected chi connectivity index (χ3v) is 5.11. The fourth-order valence-corrected chi connectivity index (χ4v) is 3.71. The molecular formula is C20H17N5O4S. The summed E-state index contributed by atoms with van der Waals surface area (Å²) in [5, 5.41) is 9.26. The van der Waals surface area contributed by atoms with Gasteiger partial charge in [0.1, 0.15) is 23.3 Å². The van der Waals surface area contributed by atoms with Crippen molar-refractivity contribution in [3.8, 4) is 5.69 Å². The molecule has 0 saturated carbocycles. The average molecular weight is 423 g/mol. The Balaban J connectivity index is 1.56. The van der Waals surface area contributed by atoms with Crippen molar-refractivity contribution < 1.29 is 14.3 Å². The summed E-state index contributed by atoms with van der Waals surface area (Å²) in [6.07, 6.45) is 2.75. The number of carbonyl (C=O) groups excluding carboxylic acids is 2. The first kappa shape index (κ1) is 19.5. The molecule has 4 aromatic rings. The predicted molar refractivity (Wildman–Crippen MR) is 112 cm³/mol. The van der Waals surface area contributed by atoms with Gasteiger partial charge in [-0.3, -0.25) is 14.2 Å². The number of hydrogen-bond acceptors (Lipinski definition) is 7. The molecule has 152 valence electrons. The van der Waals surface area contributed by atoms with Crippen molar-refractivity contribution in [2.45, 2.75) is 13.5 Å². The Hall–Kier alpha value is -3.79. The van der Waals surface area contributed by atoms with E-state index in [2.05, 4.69) is 15.4 Å². The number of nitrogens with zero attached hydrogens (tertiary/aromatic N) is 4. The van der Waals surface area contributed by atoms with Gasteiger partial charge in [0.25, 0.3) is 5.56 Å². The first-order valence-electron chi connectivity index (χ1n) is 9.11. The number of benzene rings is 1. The highest BCUT2D eigenvalue weighted by molar-refractivity contribution is 7.14. The van der Waals surface area contributed by atoms with Crippen LogP contribution in [0, 0.1) is 0 Å². The summed E-state index contributed by atoms with van der Waals surface area (Å²) in [7, 11) is 0. The smallest absolute Gasteiger partial charge is 0.341 e. The second-order valence-corrected chi connectivity index (χ2v) is 7.15. The Morgan fingerprint density at radius 1 is 1.20 bits per heavy atom. The molecule has 4 rings (SSSR count). The minimum atomic E-state index is -0.511. The molecule has 10 heteroatoms. The summed E-state index contributed by atoms with van der Waals surface area (Å²) >= 11 is 1.20. The molecule has 0 fully saturated rings. The lowest BCUT2D eigenvalue weighted by molar-refractivity contribution is -0.116. The number of anilines is 1. The minimum Gasteiger partial charge on any atom is -0.462 e. The fourth-order valence-electron chi connectivity index (χ4n) is 2.92. The van der Waals surface area contributed by atoms with Crippen molar-refractivity contribution in [2.24, 2.45) is 0 Å². The van der Waals surface area contributed by atoms with Crippen molar-refractivity contribution in [1.82, 2.24) is 19.3 Å². The maximum Gasteiger partial charge on any atom is 0.341 e. The molecule has 0 radical (unpaired) electrons. The van der Waals surface area contributed by atoms with Crippen LogP contribution in [0.25, 0.3) is 16.7 Å². The Morgan fingerprint density at radius 2 is 2.00 bits per heavy atom. The van der Waals surface area contributed by atoms with Crippen LogP contribution >= 0.6 is 11.3 Å². The number of hydrogen-bond donors (Lipinski definition) is 1. The van der Waals surface area contributed by atoms with E-state index < -0.39 is 11.9 Å².